The van der Waals surface area contributed by atoms with Crippen molar-refractivity contribution in [3.63, 3.8) is 0 Å². The van der Waals surface area contributed by atoms with Crippen molar-refractivity contribution in [2.75, 3.05) is 26.0 Å². The maximum Gasteiger partial charge on any atom is 0.209 e. The SMILES string of the molecule is COc1ccccc1[C@@H]1CC[C@H](C)CN1CCCS(N)(=O)=O. The molecule has 1 fully saturated rings. The van der Waals surface area contributed by atoms with Crippen LogP contribution in [0.1, 0.15) is 37.8 Å². The molecule has 2 atom stereocenters. The lowest BCUT2D eigenvalue weighted by Crippen LogP contribution is -2.38. The van der Waals surface area contributed by atoms with Gasteiger partial charge in [0.15, 0.2) is 0 Å². The van der Waals surface area contributed by atoms with Crippen molar-refractivity contribution in [1.82, 2.24) is 4.90 Å². The van der Waals surface area contributed by atoms with Gasteiger partial charge in [-0.25, -0.2) is 13.6 Å². The Hall–Kier alpha value is -1.11. The second-order valence-corrected chi connectivity index (χ2v) is 7.89. The van der Waals surface area contributed by atoms with Gasteiger partial charge in [-0.15, -0.1) is 0 Å². The van der Waals surface area contributed by atoms with E-state index in [1.807, 2.05) is 18.2 Å². The minimum absolute atomic E-state index is 0.0382. The molecule has 0 unspecified atom stereocenters. The molecule has 1 heterocycles. The highest BCUT2D eigenvalue weighted by atomic mass is 32.2. The van der Waals surface area contributed by atoms with Gasteiger partial charge in [-0.3, -0.25) is 4.90 Å². The Balaban J connectivity index is 2.12. The molecule has 1 saturated heterocycles. The number of benzene rings is 1. The van der Waals surface area contributed by atoms with Gasteiger partial charge < -0.3 is 4.74 Å². The number of methoxy groups -OCH3 is 1. The molecule has 0 bridgehead atoms. The largest absolute Gasteiger partial charge is 0.496 e. The van der Waals surface area contributed by atoms with E-state index in [1.165, 1.54) is 12.0 Å². The van der Waals surface area contributed by atoms with Crippen LogP contribution in [-0.2, 0) is 10.0 Å². The van der Waals surface area contributed by atoms with Crippen molar-refractivity contribution >= 4 is 10.0 Å². The van der Waals surface area contributed by atoms with Gasteiger partial charge >= 0.3 is 0 Å². The van der Waals surface area contributed by atoms with E-state index >= 15 is 0 Å². The molecular weight excluding hydrogens is 300 g/mol. The van der Waals surface area contributed by atoms with Gasteiger partial charge in [0.2, 0.25) is 10.0 Å². The summed E-state index contributed by atoms with van der Waals surface area (Å²) in [5, 5.41) is 5.10. The summed E-state index contributed by atoms with van der Waals surface area (Å²) in [6.07, 6.45) is 2.81. The highest BCUT2D eigenvalue weighted by Crippen LogP contribution is 2.37. The number of rotatable bonds is 6. The van der Waals surface area contributed by atoms with E-state index in [0.29, 0.717) is 12.3 Å². The second-order valence-electron chi connectivity index (χ2n) is 6.16. The molecule has 22 heavy (non-hydrogen) atoms. The Labute approximate surface area is 133 Å². The zero-order valence-corrected chi connectivity index (χ0v) is 14.2. The van der Waals surface area contributed by atoms with E-state index in [4.69, 9.17) is 9.88 Å². The number of nitrogens with zero attached hydrogens (tertiary/aromatic N) is 1. The standard InChI is InChI=1S/C16H26N2O3S/c1-13-8-9-15(14-6-3-4-7-16(14)21-2)18(12-13)10-5-11-22(17,19)20/h3-4,6-7,13,15H,5,8-12H2,1-2H3,(H2,17,19,20)/t13-,15-/m0/s1. The fourth-order valence-corrected chi connectivity index (χ4v) is 3.79. The molecule has 5 nitrogen and oxygen atoms in total. The van der Waals surface area contributed by atoms with Crippen LogP contribution >= 0.6 is 0 Å². The summed E-state index contributed by atoms with van der Waals surface area (Å²) in [6.45, 7) is 3.96. The number of nitrogens with two attached hydrogens (primary N) is 1. The van der Waals surface area contributed by atoms with Crippen LogP contribution in [0.5, 0.6) is 5.75 Å². The molecular formula is C16H26N2O3S. The summed E-state index contributed by atoms with van der Waals surface area (Å²) in [5.74, 6) is 1.57. The Morgan fingerprint density at radius 3 is 2.73 bits per heavy atom. The Morgan fingerprint density at radius 2 is 2.05 bits per heavy atom. The van der Waals surface area contributed by atoms with Gasteiger partial charge in [0.1, 0.15) is 5.75 Å². The van der Waals surface area contributed by atoms with E-state index in [9.17, 15) is 8.42 Å². The van der Waals surface area contributed by atoms with E-state index in [0.717, 1.165) is 25.3 Å². The maximum absolute atomic E-state index is 11.1. The summed E-state index contributed by atoms with van der Waals surface area (Å²) < 4.78 is 27.7. The first-order valence-electron chi connectivity index (χ1n) is 7.78. The molecule has 124 valence electrons. The first-order valence-corrected chi connectivity index (χ1v) is 9.49. The average Bonchev–Trinajstić information content (AvgIpc) is 2.46. The van der Waals surface area contributed by atoms with E-state index < -0.39 is 10.0 Å². The van der Waals surface area contributed by atoms with Crippen molar-refractivity contribution in [3.8, 4) is 5.75 Å². The number of para-hydroxylation sites is 1. The van der Waals surface area contributed by atoms with Crippen LogP contribution < -0.4 is 9.88 Å². The average molecular weight is 326 g/mol. The summed E-state index contributed by atoms with van der Waals surface area (Å²) >= 11 is 0. The van der Waals surface area contributed by atoms with E-state index in [1.54, 1.807) is 7.11 Å². The van der Waals surface area contributed by atoms with Gasteiger partial charge in [0.05, 0.1) is 12.9 Å². The number of sulfonamides is 1. The van der Waals surface area contributed by atoms with Crippen molar-refractivity contribution in [1.29, 1.82) is 0 Å². The molecule has 0 saturated carbocycles. The lowest BCUT2D eigenvalue weighted by Gasteiger charge is -2.39. The highest BCUT2D eigenvalue weighted by Gasteiger charge is 2.29. The first-order chi connectivity index (χ1) is 10.4. The van der Waals surface area contributed by atoms with Crippen LogP contribution in [0.15, 0.2) is 24.3 Å². The van der Waals surface area contributed by atoms with Crippen LogP contribution in [0.25, 0.3) is 0 Å². The summed E-state index contributed by atoms with van der Waals surface area (Å²) in [5.41, 5.74) is 1.19. The van der Waals surface area contributed by atoms with Gasteiger partial charge in [0.25, 0.3) is 0 Å². The molecule has 2 N–H and O–H groups in total. The van der Waals surface area contributed by atoms with E-state index in [2.05, 4.69) is 17.9 Å². The van der Waals surface area contributed by atoms with Crippen LogP contribution in [-0.4, -0.2) is 39.3 Å². The lowest BCUT2D eigenvalue weighted by atomic mass is 9.89. The van der Waals surface area contributed by atoms with Gasteiger partial charge in [0, 0.05) is 18.2 Å². The molecule has 0 spiro atoms. The second kappa shape index (κ2) is 7.44. The maximum atomic E-state index is 11.1. The molecule has 6 heteroatoms. The molecule has 1 aliphatic rings. The topological polar surface area (TPSA) is 72.6 Å². The van der Waals surface area contributed by atoms with Crippen molar-refractivity contribution < 1.29 is 13.2 Å². The van der Waals surface area contributed by atoms with Gasteiger partial charge in [-0.2, -0.15) is 0 Å². The Bertz CT molecular complexity index is 589. The first kappa shape index (κ1) is 17.2. The van der Waals surface area contributed by atoms with Crippen molar-refractivity contribution in [2.24, 2.45) is 11.1 Å². The third kappa shape index (κ3) is 4.69. The van der Waals surface area contributed by atoms with Crippen molar-refractivity contribution in [3.05, 3.63) is 29.8 Å². The minimum Gasteiger partial charge on any atom is -0.496 e. The quantitative estimate of drug-likeness (QED) is 0.869. The number of ether oxygens (including phenoxy) is 1. The van der Waals surface area contributed by atoms with Gasteiger partial charge in [-0.1, -0.05) is 25.1 Å². The summed E-state index contributed by atoms with van der Waals surface area (Å²) in [4.78, 5) is 2.37. The number of hydrogen-bond donors (Lipinski definition) is 1. The van der Waals surface area contributed by atoms with Crippen LogP contribution in [0.3, 0.4) is 0 Å². The molecule has 1 aromatic carbocycles. The zero-order valence-electron chi connectivity index (χ0n) is 13.4. The number of primary sulfonamides is 1. The minimum atomic E-state index is -3.38. The lowest BCUT2D eigenvalue weighted by molar-refractivity contribution is 0.112. The third-order valence-electron chi connectivity index (χ3n) is 4.29. The van der Waals surface area contributed by atoms with Crippen LogP contribution in [0.4, 0.5) is 0 Å². The number of hydrogen-bond acceptors (Lipinski definition) is 4. The van der Waals surface area contributed by atoms with Crippen LogP contribution in [0, 0.1) is 5.92 Å². The molecule has 0 aromatic heterocycles. The predicted molar refractivity (Wildman–Crippen MR) is 88.3 cm³/mol. The van der Waals surface area contributed by atoms with Crippen LogP contribution in [0.2, 0.25) is 0 Å². The molecule has 2 rings (SSSR count). The smallest absolute Gasteiger partial charge is 0.209 e. The summed E-state index contributed by atoms with van der Waals surface area (Å²) in [7, 11) is -1.69. The van der Waals surface area contributed by atoms with Crippen molar-refractivity contribution in [2.45, 2.75) is 32.2 Å². The number of piperidine rings is 1. The predicted octanol–water partition coefficient (Wildman–Crippen LogP) is 2.15. The fourth-order valence-electron chi connectivity index (χ4n) is 3.25. The zero-order chi connectivity index (χ0) is 16.2. The van der Waals surface area contributed by atoms with Gasteiger partial charge in [-0.05, 0) is 37.8 Å². The van der Waals surface area contributed by atoms with E-state index in [-0.39, 0.29) is 11.8 Å². The monoisotopic (exact) mass is 326 g/mol. The Kier molecular flexibility index (Phi) is 5.83. The molecule has 0 amide bonds. The third-order valence-corrected chi connectivity index (χ3v) is 5.15. The highest BCUT2D eigenvalue weighted by molar-refractivity contribution is 7.89. The molecule has 0 radical (unpaired) electrons. The molecule has 1 aliphatic heterocycles. The molecule has 1 aromatic rings. The summed E-state index contributed by atoms with van der Waals surface area (Å²) in [6, 6.07) is 8.37. The number of likely N-dealkylation sites (tertiary alicyclic amines) is 1. The normalized spacial score (nSPS) is 23.4. The fraction of sp³-hybridized carbons (Fsp3) is 0.625. The molecule has 0 aliphatic carbocycles. The Morgan fingerprint density at radius 1 is 1.32 bits per heavy atom.